The van der Waals surface area contributed by atoms with Gasteiger partial charge in [-0.3, -0.25) is 0 Å². The molecule has 2 aliphatic carbocycles. The third kappa shape index (κ3) is 4.71. The Kier molecular flexibility index (Phi) is 6.84. The van der Waals surface area contributed by atoms with Crippen LogP contribution >= 0.6 is 0 Å². The highest BCUT2D eigenvalue weighted by Gasteiger charge is 2.39. The van der Waals surface area contributed by atoms with Crippen molar-refractivity contribution in [1.82, 2.24) is 0 Å². The zero-order valence-corrected chi connectivity index (χ0v) is 32.1. The standard InChI is InChI=1S/C55H40N2/c1-55(2)50-25-11-10-21-46(50)54-48(43-22-12-16-37-33-56(34-49(37)43)38-17-4-3-5-18-38)31-40(32-51(54)55)57(39-27-26-35-14-6-7-15-36(35)30-39)52-29-28-45-42-20-9-8-19-41(42)44-23-13-24-47(52)53(44)45/h3-32H,33-34H2,1-2H3. The Morgan fingerprint density at radius 3 is 1.98 bits per heavy atom. The minimum absolute atomic E-state index is 0.191. The van der Waals surface area contributed by atoms with Gasteiger partial charge in [0.2, 0.25) is 0 Å². The molecule has 57 heavy (non-hydrogen) atoms. The minimum Gasteiger partial charge on any atom is -0.363 e. The van der Waals surface area contributed by atoms with Gasteiger partial charge in [0, 0.05) is 41.0 Å². The Morgan fingerprint density at radius 2 is 1.14 bits per heavy atom. The van der Waals surface area contributed by atoms with Crippen molar-refractivity contribution in [2.75, 3.05) is 9.80 Å². The average molecular weight is 729 g/mol. The van der Waals surface area contributed by atoms with E-state index >= 15 is 0 Å². The van der Waals surface area contributed by atoms with E-state index in [1.807, 2.05) is 0 Å². The van der Waals surface area contributed by atoms with Gasteiger partial charge in [0.1, 0.15) is 0 Å². The molecule has 0 amide bonds. The summed E-state index contributed by atoms with van der Waals surface area (Å²) in [6.07, 6.45) is 0. The largest absolute Gasteiger partial charge is 0.363 e. The van der Waals surface area contributed by atoms with Crippen molar-refractivity contribution in [3.05, 3.63) is 204 Å². The smallest absolute Gasteiger partial charge is 0.0540 e. The van der Waals surface area contributed by atoms with Crippen molar-refractivity contribution in [2.45, 2.75) is 32.4 Å². The van der Waals surface area contributed by atoms with E-state index < -0.39 is 0 Å². The van der Waals surface area contributed by atoms with Crippen LogP contribution in [0.15, 0.2) is 182 Å². The summed E-state index contributed by atoms with van der Waals surface area (Å²) in [4.78, 5) is 5.06. The van der Waals surface area contributed by atoms with Crippen molar-refractivity contribution < 1.29 is 0 Å². The van der Waals surface area contributed by atoms with Crippen LogP contribution in [0.3, 0.4) is 0 Å². The van der Waals surface area contributed by atoms with Gasteiger partial charge in [0.25, 0.3) is 0 Å². The summed E-state index contributed by atoms with van der Waals surface area (Å²) in [6.45, 7) is 6.61. The highest BCUT2D eigenvalue weighted by molar-refractivity contribution is 6.19. The van der Waals surface area contributed by atoms with Gasteiger partial charge < -0.3 is 9.80 Å². The molecule has 0 spiro atoms. The lowest BCUT2D eigenvalue weighted by molar-refractivity contribution is 0.660. The highest BCUT2D eigenvalue weighted by atomic mass is 15.2. The maximum Gasteiger partial charge on any atom is 0.0540 e. The number of para-hydroxylation sites is 1. The maximum atomic E-state index is 2.54. The fourth-order valence-corrected chi connectivity index (χ4v) is 10.4. The summed E-state index contributed by atoms with van der Waals surface area (Å²) in [5.74, 6) is 0. The molecule has 270 valence electrons. The molecule has 0 saturated heterocycles. The van der Waals surface area contributed by atoms with E-state index in [0.717, 1.165) is 18.8 Å². The molecule has 2 nitrogen and oxygen atoms in total. The van der Waals surface area contributed by atoms with Gasteiger partial charge in [-0.1, -0.05) is 153 Å². The average Bonchev–Trinajstić information content (AvgIpc) is 3.91. The van der Waals surface area contributed by atoms with Crippen LogP contribution in [0.5, 0.6) is 0 Å². The summed E-state index contributed by atoms with van der Waals surface area (Å²) in [5.41, 5.74) is 20.7. The number of anilines is 4. The first kappa shape index (κ1) is 32.4. The van der Waals surface area contributed by atoms with Crippen molar-refractivity contribution in [3.8, 4) is 44.5 Å². The molecule has 1 heterocycles. The lowest BCUT2D eigenvalue weighted by Crippen LogP contribution is -2.17. The Morgan fingerprint density at radius 1 is 0.456 bits per heavy atom. The summed E-state index contributed by atoms with van der Waals surface area (Å²) in [5, 5.41) is 5.07. The number of fused-ring (bicyclic) bond motifs is 8. The van der Waals surface area contributed by atoms with Gasteiger partial charge in [0.15, 0.2) is 0 Å². The first-order chi connectivity index (χ1) is 28.0. The Bertz CT molecular complexity index is 3090. The summed E-state index contributed by atoms with van der Waals surface area (Å²) in [7, 11) is 0. The van der Waals surface area contributed by atoms with Crippen LogP contribution in [0, 0.1) is 0 Å². The Hall–Kier alpha value is -6.90. The van der Waals surface area contributed by atoms with E-state index in [9.17, 15) is 0 Å². The normalized spacial score (nSPS) is 14.1. The van der Waals surface area contributed by atoms with Crippen molar-refractivity contribution in [3.63, 3.8) is 0 Å². The fraction of sp³-hybridized carbons (Fsp3) is 0.0909. The molecular weight excluding hydrogens is 689 g/mol. The molecule has 0 saturated carbocycles. The van der Waals surface area contributed by atoms with E-state index in [0.29, 0.717) is 0 Å². The second kappa shape index (κ2) is 12.0. The molecule has 0 atom stereocenters. The van der Waals surface area contributed by atoms with Crippen LogP contribution in [0.4, 0.5) is 22.7 Å². The molecule has 9 aromatic carbocycles. The van der Waals surface area contributed by atoms with E-state index in [1.165, 1.54) is 105 Å². The molecule has 0 bridgehead atoms. The fourth-order valence-electron chi connectivity index (χ4n) is 10.4. The van der Waals surface area contributed by atoms with E-state index in [1.54, 1.807) is 0 Å². The van der Waals surface area contributed by atoms with Crippen molar-refractivity contribution in [2.24, 2.45) is 0 Å². The number of benzene rings is 9. The third-order valence-corrected chi connectivity index (χ3v) is 13.1. The van der Waals surface area contributed by atoms with Gasteiger partial charge >= 0.3 is 0 Å². The van der Waals surface area contributed by atoms with E-state index in [-0.39, 0.29) is 5.41 Å². The second-order valence-electron chi connectivity index (χ2n) is 16.5. The SMILES string of the molecule is CC1(C)c2ccccc2-c2c(-c3cccc4c3CN(c3ccccc3)C4)cc(N(c3ccc4ccccc4c3)c3ccc4c5c(cccc35)-c3ccccc3-4)cc21. The maximum absolute atomic E-state index is 2.54. The number of hydrogen-bond acceptors (Lipinski definition) is 2. The zero-order chi connectivity index (χ0) is 37.8. The van der Waals surface area contributed by atoms with E-state index in [2.05, 4.69) is 206 Å². The lowest BCUT2D eigenvalue weighted by atomic mass is 9.81. The van der Waals surface area contributed by atoms with Crippen LogP contribution < -0.4 is 9.80 Å². The molecular formula is C55H40N2. The molecule has 0 fully saturated rings. The van der Waals surface area contributed by atoms with Crippen LogP contribution in [0.1, 0.15) is 36.1 Å². The number of hydrogen-bond donors (Lipinski definition) is 0. The molecule has 3 aliphatic rings. The predicted molar refractivity (Wildman–Crippen MR) is 240 cm³/mol. The zero-order valence-electron chi connectivity index (χ0n) is 32.1. The lowest BCUT2D eigenvalue weighted by Gasteiger charge is -2.30. The van der Waals surface area contributed by atoms with Gasteiger partial charge in [-0.15, -0.1) is 0 Å². The summed E-state index contributed by atoms with van der Waals surface area (Å²) in [6, 6.07) is 68.1. The third-order valence-electron chi connectivity index (χ3n) is 13.1. The first-order valence-corrected chi connectivity index (χ1v) is 20.2. The van der Waals surface area contributed by atoms with Gasteiger partial charge in [-0.2, -0.15) is 0 Å². The quantitative estimate of drug-likeness (QED) is 0.174. The second-order valence-corrected chi connectivity index (χ2v) is 16.5. The van der Waals surface area contributed by atoms with Gasteiger partial charge in [-0.05, 0) is 125 Å². The minimum atomic E-state index is -0.191. The molecule has 0 radical (unpaired) electrons. The monoisotopic (exact) mass is 728 g/mol. The molecule has 0 aromatic heterocycles. The molecule has 12 rings (SSSR count). The van der Waals surface area contributed by atoms with Crippen LogP contribution in [0.25, 0.3) is 66.1 Å². The van der Waals surface area contributed by atoms with Crippen molar-refractivity contribution >= 4 is 44.3 Å². The molecule has 9 aromatic rings. The molecule has 2 heteroatoms. The van der Waals surface area contributed by atoms with E-state index in [4.69, 9.17) is 0 Å². The highest BCUT2D eigenvalue weighted by Crippen LogP contribution is 2.57. The van der Waals surface area contributed by atoms with Gasteiger partial charge in [-0.25, -0.2) is 0 Å². The van der Waals surface area contributed by atoms with Gasteiger partial charge in [0.05, 0.1) is 5.69 Å². The van der Waals surface area contributed by atoms with Crippen LogP contribution in [-0.2, 0) is 18.5 Å². The Labute approximate surface area is 333 Å². The molecule has 1 aliphatic heterocycles. The number of rotatable bonds is 5. The predicted octanol–water partition coefficient (Wildman–Crippen LogP) is 14.6. The van der Waals surface area contributed by atoms with Crippen molar-refractivity contribution in [1.29, 1.82) is 0 Å². The molecule has 0 N–H and O–H groups in total. The van der Waals surface area contributed by atoms with Crippen LogP contribution in [0.2, 0.25) is 0 Å². The van der Waals surface area contributed by atoms with Crippen LogP contribution in [-0.4, -0.2) is 0 Å². The number of nitrogens with zero attached hydrogens (tertiary/aromatic N) is 2. The topological polar surface area (TPSA) is 6.48 Å². The first-order valence-electron chi connectivity index (χ1n) is 20.2. The summed E-state index contributed by atoms with van der Waals surface area (Å²) < 4.78 is 0. The molecule has 0 unspecified atom stereocenters. The summed E-state index contributed by atoms with van der Waals surface area (Å²) >= 11 is 0. The Balaban J connectivity index is 1.14.